The second kappa shape index (κ2) is 10.5. The van der Waals surface area contributed by atoms with Crippen molar-refractivity contribution in [2.75, 3.05) is 13.1 Å². The van der Waals surface area contributed by atoms with Crippen LogP contribution < -0.4 is 10.5 Å². The first-order chi connectivity index (χ1) is 12.3. The molecule has 0 aromatic heterocycles. The van der Waals surface area contributed by atoms with Crippen LogP contribution in [0.15, 0.2) is 53.4 Å². The Labute approximate surface area is 162 Å². The maximum Gasteiger partial charge on any atom is 0.387 e. The fourth-order valence-corrected chi connectivity index (χ4v) is 3.80. The van der Waals surface area contributed by atoms with Gasteiger partial charge in [-0.25, -0.2) is 12.8 Å². The van der Waals surface area contributed by atoms with Gasteiger partial charge in [0.15, 0.2) is 11.6 Å². The number of alkyl halides is 2. The molecular formula is C17H20ClF3N2O3S. The molecule has 2 N–H and O–H groups in total. The van der Waals surface area contributed by atoms with Gasteiger partial charge in [-0.1, -0.05) is 30.3 Å². The summed E-state index contributed by atoms with van der Waals surface area (Å²) >= 11 is 0. The first-order valence-electron chi connectivity index (χ1n) is 7.83. The minimum atomic E-state index is -4.04. The molecule has 0 saturated heterocycles. The van der Waals surface area contributed by atoms with E-state index in [0.717, 1.165) is 17.7 Å². The van der Waals surface area contributed by atoms with Crippen molar-refractivity contribution in [1.82, 2.24) is 4.31 Å². The third-order valence-corrected chi connectivity index (χ3v) is 5.41. The Hall–Kier alpha value is -1.81. The monoisotopic (exact) mass is 424 g/mol. The minimum Gasteiger partial charge on any atom is -0.432 e. The second-order valence-electron chi connectivity index (χ2n) is 5.44. The Morgan fingerprint density at radius 1 is 1.11 bits per heavy atom. The molecule has 0 atom stereocenters. The van der Waals surface area contributed by atoms with Gasteiger partial charge in [0.1, 0.15) is 0 Å². The zero-order valence-electron chi connectivity index (χ0n) is 14.2. The topological polar surface area (TPSA) is 72.6 Å². The van der Waals surface area contributed by atoms with Crippen molar-refractivity contribution < 1.29 is 26.3 Å². The number of sulfonamides is 1. The van der Waals surface area contributed by atoms with Gasteiger partial charge in [-0.15, -0.1) is 12.4 Å². The van der Waals surface area contributed by atoms with Gasteiger partial charge in [-0.05, 0) is 36.7 Å². The normalized spacial score (nSPS) is 11.5. The summed E-state index contributed by atoms with van der Waals surface area (Å²) < 4.78 is 69.3. The highest BCUT2D eigenvalue weighted by molar-refractivity contribution is 7.89. The van der Waals surface area contributed by atoms with Crippen molar-refractivity contribution in [3.8, 4) is 5.75 Å². The maximum absolute atomic E-state index is 13.9. The van der Waals surface area contributed by atoms with E-state index in [9.17, 15) is 21.6 Å². The highest BCUT2D eigenvalue weighted by Crippen LogP contribution is 2.25. The highest BCUT2D eigenvalue weighted by atomic mass is 35.5. The molecule has 150 valence electrons. The Morgan fingerprint density at radius 2 is 1.78 bits per heavy atom. The fraction of sp³-hybridized carbons (Fsp3) is 0.294. The quantitative estimate of drug-likeness (QED) is 0.669. The molecule has 2 aromatic carbocycles. The van der Waals surface area contributed by atoms with E-state index in [4.69, 9.17) is 5.73 Å². The van der Waals surface area contributed by atoms with E-state index < -0.39 is 28.2 Å². The largest absolute Gasteiger partial charge is 0.432 e. The van der Waals surface area contributed by atoms with Gasteiger partial charge in [-0.2, -0.15) is 13.1 Å². The number of nitrogens with two attached hydrogens (primary N) is 1. The predicted octanol–water partition coefficient (Wildman–Crippen LogP) is 3.39. The molecule has 0 bridgehead atoms. The lowest BCUT2D eigenvalue weighted by Crippen LogP contribution is -2.32. The lowest BCUT2D eigenvalue weighted by atomic mass is 10.2. The van der Waals surface area contributed by atoms with Crippen molar-refractivity contribution in [1.29, 1.82) is 0 Å². The predicted molar refractivity (Wildman–Crippen MR) is 98.0 cm³/mol. The van der Waals surface area contributed by atoms with E-state index in [2.05, 4.69) is 4.74 Å². The molecule has 0 fully saturated rings. The van der Waals surface area contributed by atoms with Crippen molar-refractivity contribution >= 4 is 22.4 Å². The molecule has 0 heterocycles. The van der Waals surface area contributed by atoms with E-state index in [1.807, 2.05) is 0 Å². The average Bonchev–Trinajstić information content (AvgIpc) is 2.60. The zero-order valence-corrected chi connectivity index (χ0v) is 15.9. The molecule has 2 aromatic rings. The van der Waals surface area contributed by atoms with Crippen LogP contribution in [0, 0.1) is 5.82 Å². The molecule has 0 aliphatic heterocycles. The standard InChI is InChI=1S/C17H19F3N2O3S.ClH/c18-15-11-14(7-8-16(15)25-17(19)20)26(23,24)22(10-4-9-21)12-13-5-2-1-3-6-13;/h1-3,5-8,11,17H,4,9-10,12,21H2;1H. The first kappa shape index (κ1) is 23.2. The SMILES string of the molecule is Cl.NCCCN(Cc1ccccc1)S(=O)(=O)c1ccc(OC(F)F)c(F)c1. The smallest absolute Gasteiger partial charge is 0.387 e. The average molecular weight is 425 g/mol. The maximum atomic E-state index is 13.9. The number of nitrogens with zero attached hydrogens (tertiary/aromatic N) is 1. The van der Waals surface area contributed by atoms with Crippen LogP contribution in [-0.4, -0.2) is 32.4 Å². The van der Waals surface area contributed by atoms with Crippen LogP contribution in [0.4, 0.5) is 13.2 Å². The van der Waals surface area contributed by atoms with Gasteiger partial charge in [0.05, 0.1) is 4.90 Å². The third-order valence-electron chi connectivity index (χ3n) is 3.57. The van der Waals surface area contributed by atoms with Gasteiger partial charge >= 0.3 is 6.61 Å². The van der Waals surface area contributed by atoms with Crippen LogP contribution in [0.2, 0.25) is 0 Å². The van der Waals surface area contributed by atoms with E-state index in [-0.39, 0.29) is 36.9 Å². The molecule has 27 heavy (non-hydrogen) atoms. The molecule has 0 radical (unpaired) electrons. The van der Waals surface area contributed by atoms with E-state index in [1.54, 1.807) is 30.3 Å². The van der Waals surface area contributed by atoms with Gasteiger partial charge in [-0.3, -0.25) is 0 Å². The lowest BCUT2D eigenvalue weighted by molar-refractivity contribution is -0.0522. The molecule has 0 amide bonds. The summed E-state index contributed by atoms with van der Waals surface area (Å²) in [6.07, 6.45) is 0.418. The van der Waals surface area contributed by atoms with Crippen molar-refractivity contribution in [3.63, 3.8) is 0 Å². The molecule has 0 aliphatic rings. The summed E-state index contributed by atoms with van der Waals surface area (Å²) in [4.78, 5) is -0.343. The minimum absolute atomic E-state index is 0. The molecule has 0 unspecified atom stereocenters. The summed E-state index contributed by atoms with van der Waals surface area (Å²) in [6, 6.07) is 11.5. The van der Waals surface area contributed by atoms with Gasteiger partial charge in [0.25, 0.3) is 0 Å². The number of hydrogen-bond acceptors (Lipinski definition) is 4. The number of halogens is 4. The van der Waals surface area contributed by atoms with Crippen LogP contribution in [0.3, 0.4) is 0 Å². The third kappa shape index (κ3) is 6.39. The summed E-state index contributed by atoms with van der Waals surface area (Å²) in [5.74, 6) is -1.89. The van der Waals surface area contributed by atoms with Crippen molar-refractivity contribution in [2.45, 2.75) is 24.5 Å². The Morgan fingerprint density at radius 3 is 2.33 bits per heavy atom. The molecule has 2 rings (SSSR count). The molecule has 10 heteroatoms. The summed E-state index contributed by atoms with van der Waals surface area (Å²) in [5, 5.41) is 0. The van der Waals surface area contributed by atoms with E-state index >= 15 is 0 Å². The van der Waals surface area contributed by atoms with Crippen LogP contribution in [0.5, 0.6) is 5.75 Å². The second-order valence-corrected chi connectivity index (χ2v) is 7.38. The van der Waals surface area contributed by atoms with Crippen LogP contribution in [-0.2, 0) is 16.6 Å². The van der Waals surface area contributed by atoms with Gasteiger partial charge in [0.2, 0.25) is 10.0 Å². The highest BCUT2D eigenvalue weighted by Gasteiger charge is 2.26. The number of ether oxygens (including phenoxy) is 1. The van der Waals surface area contributed by atoms with Crippen molar-refractivity contribution in [2.24, 2.45) is 5.73 Å². The van der Waals surface area contributed by atoms with Gasteiger partial charge in [0, 0.05) is 13.1 Å². The molecule has 5 nitrogen and oxygen atoms in total. The fourth-order valence-electron chi connectivity index (χ4n) is 2.32. The molecule has 0 saturated carbocycles. The van der Waals surface area contributed by atoms with Crippen LogP contribution >= 0.6 is 12.4 Å². The number of benzene rings is 2. The molecule has 0 aliphatic carbocycles. The zero-order chi connectivity index (χ0) is 19.2. The molecule has 0 spiro atoms. The van der Waals surface area contributed by atoms with Gasteiger partial charge < -0.3 is 10.5 Å². The first-order valence-corrected chi connectivity index (χ1v) is 9.27. The summed E-state index contributed by atoms with van der Waals surface area (Å²) in [5.41, 5.74) is 6.23. The van der Waals surface area contributed by atoms with Crippen LogP contribution in [0.25, 0.3) is 0 Å². The lowest BCUT2D eigenvalue weighted by Gasteiger charge is -2.22. The Balaban J connectivity index is 0.00000364. The Bertz CT molecular complexity index is 823. The number of hydrogen-bond donors (Lipinski definition) is 1. The van der Waals surface area contributed by atoms with Crippen LogP contribution in [0.1, 0.15) is 12.0 Å². The van der Waals surface area contributed by atoms with E-state index in [1.165, 1.54) is 4.31 Å². The van der Waals surface area contributed by atoms with Crippen molar-refractivity contribution in [3.05, 3.63) is 59.9 Å². The van der Waals surface area contributed by atoms with E-state index in [0.29, 0.717) is 12.5 Å². The summed E-state index contributed by atoms with van der Waals surface area (Å²) in [7, 11) is -4.04. The Kier molecular flexibility index (Phi) is 9.04. The number of rotatable bonds is 9. The molecular weight excluding hydrogens is 405 g/mol. The summed E-state index contributed by atoms with van der Waals surface area (Å²) in [6.45, 7) is -2.69.